The maximum absolute atomic E-state index is 11.8. The molecule has 0 aromatic heterocycles. The van der Waals surface area contributed by atoms with E-state index in [-0.39, 0.29) is 5.91 Å². The van der Waals surface area contributed by atoms with Crippen LogP contribution < -0.4 is 0 Å². The molecule has 0 aliphatic heterocycles. The molecule has 0 saturated heterocycles. The van der Waals surface area contributed by atoms with Crippen molar-refractivity contribution in [1.82, 2.24) is 4.90 Å². The van der Waals surface area contributed by atoms with Crippen LogP contribution in [0.1, 0.15) is 15.9 Å². The Morgan fingerprint density at radius 1 is 1.60 bits per heavy atom. The summed E-state index contributed by atoms with van der Waals surface area (Å²) in [7, 11) is 1.68. The van der Waals surface area contributed by atoms with E-state index >= 15 is 0 Å². The minimum absolute atomic E-state index is 0.0834. The highest BCUT2D eigenvalue weighted by atomic mass is 35.5. The van der Waals surface area contributed by atoms with Crippen molar-refractivity contribution in [2.24, 2.45) is 0 Å². The average molecular weight is 222 g/mol. The molecule has 1 amide bonds. The van der Waals surface area contributed by atoms with Crippen molar-refractivity contribution in [3.05, 3.63) is 35.4 Å². The Morgan fingerprint density at radius 2 is 2.33 bits per heavy atom. The van der Waals surface area contributed by atoms with Crippen LogP contribution in [0.2, 0.25) is 0 Å². The number of terminal acetylenes is 1. The highest BCUT2D eigenvalue weighted by molar-refractivity contribution is 6.17. The van der Waals surface area contributed by atoms with Crippen LogP contribution in [-0.4, -0.2) is 24.4 Å². The molecule has 78 valence electrons. The van der Waals surface area contributed by atoms with Crippen LogP contribution in [0.4, 0.5) is 0 Å². The number of benzene rings is 1. The Labute approximate surface area is 94.8 Å². The number of carbonyl (C=O) groups is 1. The number of nitrogens with zero attached hydrogens (tertiary/aromatic N) is 1. The Balaban J connectivity index is 2.87. The maximum Gasteiger partial charge on any atom is 0.254 e. The van der Waals surface area contributed by atoms with E-state index in [9.17, 15) is 4.79 Å². The summed E-state index contributed by atoms with van der Waals surface area (Å²) in [6, 6.07) is 7.23. The topological polar surface area (TPSA) is 20.3 Å². The van der Waals surface area contributed by atoms with Gasteiger partial charge in [-0.3, -0.25) is 4.79 Å². The number of hydrogen-bond donors (Lipinski definition) is 0. The van der Waals surface area contributed by atoms with Gasteiger partial charge in [0.25, 0.3) is 5.91 Å². The summed E-state index contributed by atoms with van der Waals surface area (Å²) in [4.78, 5) is 13.3. The van der Waals surface area contributed by atoms with E-state index < -0.39 is 0 Å². The third-order valence-electron chi connectivity index (χ3n) is 2.00. The van der Waals surface area contributed by atoms with E-state index in [0.717, 1.165) is 5.56 Å². The molecule has 0 unspecified atom stereocenters. The zero-order valence-corrected chi connectivity index (χ0v) is 9.29. The second-order valence-corrected chi connectivity index (χ2v) is 3.47. The number of amides is 1. The lowest BCUT2D eigenvalue weighted by Crippen LogP contribution is -2.26. The number of rotatable bonds is 3. The van der Waals surface area contributed by atoms with Crippen molar-refractivity contribution in [2.45, 2.75) is 5.88 Å². The zero-order valence-electron chi connectivity index (χ0n) is 8.53. The molecule has 0 N–H and O–H groups in total. The average Bonchev–Trinajstić information content (AvgIpc) is 2.28. The lowest BCUT2D eigenvalue weighted by Gasteiger charge is -2.13. The summed E-state index contributed by atoms with van der Waals surface area (Å²) < 4.78 is 0. The molecule has 15 heavy (non-hydrogen) atoms. The van der Waals surface area contributed by atoms with Gasteiger partial charge in [0.1, 0.15) is 0 Å². The lowest BCUT2D eigenvalue weighted by molar-refractivity contribution is 0.0812. The van der Waals surface area contributed by atoms with E-state index in [1.165, 1.54) is 4.90 Å². The summed E-state index contributed by atoms with van der Waals surface area (Å²) in [5.41, 5.74) is 1.54. The van der Waals surface area contributed by atoms with Crippen LogP contribution in [0, 0.1) is 12.3 Å². The smallest absolute Gasteiger partial charge is 0.254 e. The fraction of sp³-hybridized carbons (Fsp3) is 0.250. The third-order valence-corrected chi connectivity index (χ3v) is 2.31. The van der Waals surface area contributed by atoms with Gasteiger partial charge in [0.05, 0.1) is 6.54 Å². The Morgan fingerprint density at radius 3 is 2.93 bits per heavy atom. The Kier molecular flexibility index (Phi) is 4.20. The molecule has 0 aliphatic rings. The van der Waals surface area contributed by atoms with Crippen molar-refractivity contribution >= 4 is 17.5 Å². The highest BCUT2D eigenvalue weighted by Crippen LogP contribution is 2.09. The predicted molar refractivity (Wildman–Crippen MR) is 61.8 cm³/mol. The monoisotopic (exact) mass is 221 g/mol. The molecular weight excluding hydrogens is 210 g/mol. The summed E-state index contributed by atoms with van der Waals surface area (Å²) in [6.07, 6.45) is 5.14. The first-order valence-corrected chi connectivity index (χ1v) is 5.06. The molecular formula is C12H12ClNO. The second-order valence-electron chi connectivity index (χ2n) is 3.20. The van der Waals surface area contributed by atoms with Crippen LogP contribution in [0.5, 0.6) is 0 Å². The highest BCUT2D eigenvalue weighted by Gasteiger charge is 2.10. The van der Waals surface area contributed by atoms with Gasteiger partial charge in [-0.25, -0.2) is 0 Å². The fourth-order valence-electron chi connectivity index (χ4n) is 1.22. The van der Waals surface area contributed by atoms with Gasteiger partial charge >= 0.3 is 0 Å². The number of hydrogen-bond acceptors (Lipinski definition) is 1. The van der Waals surface area contributed by atoms with E-state index in [1.807, 2.05) is 12.1 Å². The predicted octanol–water partition coefficient (Wildman–Crippen LogP) is 2.13. The molecule has 0 radical (unpaired) electrons. The van der Waals surface area contributed by atoms with Crippen molar-refractivity contribution in [1.29, 1.82) is 0 Å². The number of alkyl halides is 1. The summed E-state index contributed by atoms with van der Waals surface area (Å²) in [5.74, 6) is 2.75. The van der Waals surface area contributed by atoms with E-state index in [0.29, 0.717) is 18.0 Å². The van der Waals surface area contributed by atoms with Gasteiger partial charge in [0.2, 0.25) is 0 Å². The van der Waals surface area contributed by atoms with Gasteiger partial charge in [0, 0.05) is 18.5 Å². The quantitative estimate of drug-likeness (QED) is 0.566. The SMILES string of the molecule is C#CCN(C)C(=O)c1cccc(CCl)c1. The molecule has 0 heterocycles. The van der Waals surface area contributed by atoms with Crippen molar-refractivity contribution in [3.8, 4) is 12.3 Å². The minimum Gasteiger partial charge on any atom is -0.331 e. The van der Waals surface area contributed by atoms with Crippen LogP contribution in [0.15, 0.2) is 24.3 Å². The van der Waals surface area contributed by atoms with Gasteiger partial charge in [0.15, 0.2) is 0 Å². The summed E-state index contributed by atoms with van der Waals surface area (Å²) >= 11 is 5.69. The fourth-order valence-corrected chi connectivity index (χ4v) is 1.38. The molecule has 1 aromatic carbocycles. The van der Waals surface area contributed by atoms with Gasteiger partial charge < -0.3 is 4.90 Å². The molecule has 2 nitrogen and oxygen atoms in total. The first-order valence-electron chi connectivity index (χ1n) is 4.53. The molecule has 0 aliphatic carbocycles. The van der Waals surface area contributed by atoms with Gasteiger partial charge in [-0.15, -0.1) is 18.0 Å². The third kappa shape index (κ3) is 3.00. The molecule has 0 atom stereocenters. The molecule has 0 saturated carbocycles. The molecule has 0 bridgehead atoms. The van der Waals surface area contributed by atoms with Crippen LogP contribution in [0.25, 0.3) is 0 Å². The van der Waals surface area contributed by atoms with E-state index in [2.05, 4.69) is 5.92 Å². The van der Waals surface area contributed by atoms with Crippen LogP contribution >= 0.6 is 11.6 Å². The zero-order chi connectivity index (χ0) is 11.3. The minimum atomic E-state index is -0.0834. The Bertz CT molecular complexity index is 395. The molecule has 1 aromatic rings. The largest absolute Gasteiger partial charge is 0.331 e. The summed E-state index contributed by atoms with van der Waals surface area (Å²) in [6.45, 7) is 0.309. The standard InChI is InChI=1S/C12H12ClNO/c1-3-7-14(2)12(15)11-6-4-5-10(8-11)9-13/h1,4-6,8H,7,9H2,2H3. The van der Waals surface area contributed by atoms with Gasteiger partial charge in [-0.2, -0.15) is 0 Å². The van der Waals surface area contributed by atoms with Crippen molar-refractivity contribution < 1.29 is 4.79 Å². The summed E-state index contributed by atoms with van der Waals surface area (Å²) in [5, 5.41) is 0. The van der Waals surface area contributed by atoms with Crippen molar-refractivity contribution in [3.63, 3.8) is 0 Å². The number of halogens is 1. The Hall–Kier alpha value is -1.46. The molecule has 0 fully saturated rings. The van der Waals surface area contributed by atoms with Crippen molar-refractivity contribution in [2.75, 3.05) is 13.6 Å². The number of carbonyl (C=O) groups excluding carboxylic acids is 1. The van der Waals surface area contributed by atoms with Crippen LogP contribution in [0.3, 0.4) is 0 Å². The first-order chi connectivity index (χ1) is 7.19. The van der Waals surface area contributed by atoms with E-state index in [1.54, 1.807) is 19.2 Å². The molecule has 0 spiro atoms. The lowest BCUT2D eigenvalue weighted by atomic mass is 10.1. The van der Waals surface area contributed by atoms with Gasteiger partial charge in [-0.1, -0.05) is 18.1 Å². The normalized spacial score (nSPS) is 9.40. The second kappa shape index (κ2) is 5.43. The maximum atomic E-state index is 11.8. The van der Waals surface area contributed by atoms with Crippen LogP contribution in [-0.2, 0) is 5.88 Å². The molecule has 3 heteroatoms. The van der Waals surface area contributed by atoms with E-state index in [4.69, 9.17) is 18.0 Å². The first kappa shape index (κ1) is 11.6. The molecule has 1 rings (SSSR count). The van der Waals surface area contributed by atoms with Gasteiger partial charge in [-0.05, 0) is 17.7 Å².